The van der Waals surface area contributed by atoms with Crippen LogP contribution in [0, 0.1) is 5.92 Å². The van der Waals surface area contributed by atoms with Gasteiger partial charge in [0.15, 0.2) is 0 Å². The average molecular weight is 407 g/mol. The molecule has 2 aliphatic rings. The summed E-state index contributed by atoms with van der Waals surface area (Å²) in [5, 5.41) is 5.89. The summed E-state index contributed by atoms with van der Waals surface area (Å²) in [7, 11) is 0. The van der Waals surface area contributed by atoms with Gasteiger partial charge in [-0.2, -0.15) is 0 Å². The van der Waals surface area contributed by atoms with Crippen LogP contribution in [0.25, 0.3) is 0 Å². The first-order valence-electron chi connectivity index (χ1n) is 10.7. The van der Waals surface area contributed by atoms with E-state index in [1.165, 1.54) is 0 Å². The second-order valence-electron chi connectivity index (χ2n) is 8.38. The lowest BCUT2D eigenvalue weighted by Crippen LogP contribution is -2.50. The maximum absolute atomic E-state index is 12.5. The van der Waals surface area contributed by atoms with Crippen molar-refractivity contribution in [1.82, 2.24) is 20.4 Å². The molecule has 3 rings (SSSR count). The number of carbonyl (C=O) groups excluding carboxylic acids is 2. The topological polar surface area (TPSA) is 87.0 Å². The van der Waals surface area contributed by atoms with Crippen molar-refractivity contribution in [1.29, 1.82) is 0 Å². The van der Waals surface area contributed by atoms with Gasteiger partial charge in [0.1, 0.15) is 5.76 Å². The molecule has 0 aromatic carbocycles. The minimum atomic E-state index is -0.261. The number of likely N-dealkylation sites (tertiary alicyclic amines) is 1. The highest BCUT2D eigenvalue weighted by atomic mass is 16.5. The Labute approximate surface area is 172 Å². The van der Waals surface area contributed by atoms with Crippen LogP contribution >= 0.6 is 0 Å². The molecule has 0 bridgehead atoms. The van der Waals surface area contributed by atoms with E-state index in [1.807, 2.05) is 11.0 Å². The zero-order chi connectivity index (χ0) is 20.6. The molecule has 2 fully saturated rings. The van der Waals surface area contributed by atoms with E-state index in [1.54, 1.807) is 12.3 Å². The Morgan fingerprint density at radius 1 is 1.28 bits per heavy atom. The van der Waals surface area contributed by atoms with Crippen LogP contribution < -0.4 is 10.6 Å². The lowest BCUT2D eigenvalue weighted by atomic mass is 10.2. The fraction of sp³-hybridized carbons (Fsp3) is 0.714. The number of furan rings is 1. The Morgan fingerprint density at radius 3 is 2.90 bits per heavy atom. The zero-order valence-electron chi connectivity index (χ0n) is 17.6. The van der Waals surface area contributed by atoms with Crippen LogP contribution in [0.3, 0.4) is 0 Å². The van der Waals surface area contributed by atoms with Crippen LogP contribution in [0.2, 0.25) is 0 Å². The number of hydrogen-bond acceptors (Lipinski definition) is 6. The molecule has 3 heterocycles. The molecule has 1 aromatic heterocycles. The van der Waals surface area contributed by atoms with Crippen molar-refractivity contribution in [2.75, 3.05) is 45.9 Å². The predicted molar refractivity (Wildman–Crippen MR) is 109 cm³/mol. The molecule has 2 aliphatic heterocycles. The number of hydrogen-bond donors (Lipinski definition) is 2. The van der Waals surface area contributed by atoms with Gasteiger partial charge in [0.25, 0.3) is 0 Å². The minimum Gasteiger partial charge on any atom is -0.467 e. The maximum atomic E-state index is 12.5. The van der Waals surface area contributed by atoms with Crippen molar-refractivity contribution >= 4 is 11.8 Å². The molecule has 2 amide bonds. The van der Waals surface area contributed by atoms with E-state index in [0.29, 0.717) is 25.6 Å². The van der Waals surface area contributed by atoms with Crippen molar-refractivity contribution in [3.63, 3.8) is 0 Å². The molecule has 1 aromatic rings. The number of nitrogens with zero attached hydrogens (tertiary/aromatic N) is 2. The monoisotopic (exact) mass is 406 g/mol. The maximum Gasteiger partial charge on any atom is 0.237 e. The third-order valence-electron chi connectivity index (χ3n) is 5.40. The highest BCUT2D eigenvalue weighted by Crippen LogP contribution is 2.17. The standard InChI is InChI=1S/C21H34N4O4/c1-16(2)13-24-8-10-29-18(14-24)12-22-20(26)15-25-7-3-6-19(25)21(27)23-11-17-5-4-9-28-17/h4-5,9,16,18-19H,3,6-8,10-15H2,1-2H3,(H,22,26)(H,23,27). The Balaban J connectivity index is 1.39. The number of morpholine rings is 1. The molecular weight excluding hydrogens is 372 g/mol. The quantitative estimate of drug-likeness (QED) is 0.632. The van der Waals surface area contributed by atoms with E-state index >= 15 is 0 Å². The third kappa shape index (κ3) is 6.83. The fourth-order valence-corrected chi connectivity index (χ4v) is 4.07. The summed E-state index contributed by atoms with van der Waals surface area (Å²) in [6, 6.07) is 3.37. The third-order valence-corrected chi connectivity index (χ3v) is 5.40. The summed E-state index contributed by atoms with van der Waals surface area (Å²) in [4.78, 5) is 29.3. The van der Waals surface area contributed by atoms with Crippen LogP contribution in [0.4, 0.5) is 0 Å². The largest absolute Gasteiger partial charge is 0.467 e. The van der Waals surface area contributed by atoms with Crippen LogP contribution in [0.15, 0.2) is 22.8 Å². The normalized spacial score (nSPS) is 23.4. The van der Waals surface area contributed by atoms with Gasteiger partial charge in [-0.25, -0.2) is 0 Å². The summed E-state index contributed by atoms with van der Waals surface area (Å²) < 4.78 is 11.0. The van der Waals surface area contributed by atoms with E-state index in [-0.39, 0.29) is 30.5 Å². The molecule has 2 saturated heterocycles. The van der Waals surface area contributed by atoms with Crippen LogP contribution in [0.5, 0.6) is 0 Å². The van der Waals surface area contributed by atoms with E-state index in [0.717, 1.165) is 44.8 Å². The van der Waals surface area contributed by atoms with Gasteiger partial charge in [-0.05, 0) is 37.4 Å². The Morgan fingerprint density at radius 2 is 2.14 bits per heavy atom. The van der Waals surface area contributed by atoms with Gasteiger partial charge in [-0.3, -0.25) is 19.4 Å². The molecule has 0 aliphatic carbocycles. The molecule has 2 N–H and O–H groups in total. The molecule has 0 spiro atoms. The van der Waals surface area contributed by atoms with Gasteiger partial charge >= 0.3 is 0 Å². The van der Waals surface area contributed by atoms with Crippen molar-refractivity contribution in [3.8, 4) is 0 Å². The van der Waals surface area contributed by atoms with Gasteiger partial charge in [0.05, 0.1) is 38.1 Å². The van der Waals surface area contributed by atoms with Crippen molar-refractivity contribution in [2.24, 2.45) is 5.92 Å². The van der Waals surface area contributed by atoms with Gasteiger partial charge < -0.3 is 19.8 Å². The second kappa shape index (κ2) is 10.8. The molecule has 0 radical (unpaired) electrons. The summed E-state index contributed by atoms with van der Waals surface area (Å²) >= 11 is 0. The summed E-state index contributed by atoms with van der Waals surface area (Å²) in [6.45, 7) is 9.85. The van der Waals surface area contributed by atoms with Crippen molar-refractivity contribution < 1.29 is 18.7 Å². The van der Waals surface area contributed by atoms with E-state index < -0.39 is 0 Å². The number of carbonyl (C=O) groups is 2. The first kappa shape index (κ1) is 21.8. The van der Waals surface area contributed by atoms with Crippen LogP contribution in [-0.2, 0) is 20.9 Å². The average Bonchev–Trinajstić information content (AvgIpc) is 3.36. The number of ether oxygens (including phenoxy) is 1. The Hall–Kier alpha value is -1.90. The summed E-state index contributed by atoms with van der Waals surface area (Å²) in [5.74, 6) is 1.24. The minimum absolute atomic E-state index is 0.0254. The first-order valence-corrected chi connectivity index (χ1v) is 10.7. The SMILES string of the molecule is CC(C)CN1CCOC(CNC(=O)CN2CCCC2C(=O)NCc2ccco2)C1. The van der Waals surface area contributed by atoms with Crippen LogP contribution in [0.1, 0.15) is 32.4 Å². The highest BCUT2D eigenvalue weighted by molar-refractivity contribution is 5.84. The Kier molecular flexibility index (Phi) is 8.09. The number of amides is 2. The number of nitrogens with one attached hydrogen (secondary N) is 2. The van der Waals surface area contributed by atoms with E-state index in [2.05, 4.69) is 29.4 Å². The zero-order valence-corrected chi connectivity index (χ0v) is 17.6. The molecule has 2 unspecified atom stereocenters. The van der Waals surface area contributed by atoms with Gasteiger partial charge in [0, 0.05) is 26.2 Å². The lowest BCUT2D eigenvalue weighted by molar-refractivity contribution is -0.128. The van der Waals surface area contributed by atoms with Crippen molar-refractivity contribution in [2.45, 2.75) is 45.4 Å². The van der Waals surface area contributed by atoms with Crippen molar-refractivity contribution in [3.05, 3.63) is 24.2 Å². The van der Waals surface area contributed by atoms with E-state index in [9.17, 15) is 9.59 Å². The molecular formula is C21H34N4O4. The molecule has 162 valence electrons. The van der Waals surface area contributed by atoms with Crippen LogP contribution in [-0.4, -0.2) is 79.6 Å². The molecule has 2 atom stereocenters. The fourth-order valence-electron chi connectivity index (χ4n) is 4.07. The number of rotatable bonds is 9. The second-order valence-corrected chi connectivity index (χ2v) is 8.38. The smallest absolute Gasteiger partial charge is 0.237 e. The predicted octanol–water partition coefficient (Wildman–Crippen LogP) is 0.833. The molecule has 29 heavy (non-hydrogen) atoms. The van der Waals surface area contributed by atoms with Gasteiger partial charge in [-0.1, -0.05) is 13.8 Å². The summed E-state index contributed by atoms with van der Waals surface area (Å²) in [6.07, 6.45) is 3.30. The summed E-state index contributed by atoms with van der Waals surface area (Å²) in [5.41, 5.74) is 0. The highest BCUT2D eigenvalue weighted by Gasteiger charge is 2.32. The van der Waals surface area contributed by atoms with E-state index in [4.69, 9.17) is 9.15 Å². The van der Waals surface area contributed by atoms with Gasteiger partial charge in [-0.15, -0.1) is 0 Å². The molecule has 8 nitrogen and oxygen atoms in total. The van der Waals surface area contributed by atoms with Gasteiger partial charge in [0.2, 0.25) is 11.8 Å². The molecule has 0 saturated carbocycles. The first-order chi connectivity index (χ1) is 14.0. The Bertz CT molecular complexity index is 649. The molecule has 8 heteroatoms. The lowest BCUT2D eigenvalue weighted by Gasteiger charge is -2.34.